The highest BCUT2D eigenvalue weighted by Gasteiger charge is 2.22. The van der Waals surface area contributed by atoms with Gasteiger partial charge >= 0.3 is 0 Å². The van der Waals surface area contributed by atoms with Gasteiger partial charge in [-0.25, -0.2) is 0 Å². The van der Waals surface area contributed by atoms with Crippen LogP contribution in [-0.2, 0) is 0 Å². The molecule has 1 fully saturated rings. The third-order valence-electron chi connectivity index (χ3n) is 4.04. The summed E-state index contributed by atoms with van der Waals surface area (Å²) in [5.74, 6) is 0.0569. The average Bonchev–Trinajstić information content (AvgIpc) is 2.72. The maximum Gasteiger partial charge on any atom is 0.253 e. The Kier molecular flexibility index (Phi) is 3.59. The first-order valence-electron chi connectivity index (χ1n) is 7.17. The maximum atomic E-state index is 12.4. The Hall–Kier alpha value is -1.29. The van der Waals surface area contributed by atoms with Crippen molar-refractivity contribution < 1.29 is 4.79 Å². The predicted octanol–water partition coefficient (Wildman–Crippen LogP) is 4.27. The molecule has 0 radical (unpaired) electrons. The van der Waals surface area contributed by atoms with Crippen molar-refractivity contribution in [2.24, 2.45) is 0 Å². The van der Waals surface area contributed by atoms with Gasteiger partial charge in [0.2, 0.25) is 0 Å². The molecule has 1 aromatic carbocycles. The number of carbonyl (C=O) groups is 1. The fraction of sp³-hybridized carbons (Fsp3) is 0.438. The van der Waals surface area contributed by atoms with Gasteiger partial charge < -0.3 is 9.88 Å². The van der Waals surface area contributed by atoms with Crippen molar-refractivity contribution in [2.45, 2.75) is 45.2 Å². The number of aromatic nitrogens is 1. The van der Waals surface area contributed by atoms with Gasteiger partial charge in [0.15, 0.2) is 0 Å². The van der Waals surface area contributed by atoms with Crippen LogP contribution in [0.25, 0.3) is 10.9 Å². The lowest BCUT2D eigenvalue weighted by atomic mass is 9.93. The lowest BCUT2D eigenvalue weighted by Crippen LogP contribution is -2.39. The second kappa shape index (κ2) is 5.24. The van der Waals surface area contributed by atoms with Crippen LogP contribution in [0.1, 0.15) is 49.5 Å². The topological polar surface area (TPSA) is 34.0 Å². The van der Waals surface area contributed by atoms with Crippen molar-refractivity contribution in [2.75, 3.05) is 0 Å². The summed E-state index contributed by atoms with van der Waals surface area (Å²) in [5, 5.41) is 4.15. The number of nitrogens with zero attached hydrogens (tertiary/aromatic N) is 1. The lowest BCUT2D eigenvalue weighted by molar-refractivity contribution is 0.0918. The molecule has 1 aliphatic rings. The number of halogens is 1. The van der Waals surface area contributed by atoms with Crippen LogP contribution >= 0.6 is 15.9 Å². The van der Waals surface area contributed by atoms with E-state index in [0.29, 0.717) is 12.1 Å². The van der Waals surface area contributed by atoms with E-state index in [1.807, 2.05) is 18.3 Å². The Labute approximate surface area is 127 Å². The van der Waals surface area contributed by atoms with E-state index >= 15 is 0 Å². The molecule has 1 heterocycles. The van der Waals surface area contributed by atoms with Gasteiger partial charge in [-0.2, -0.15) is 0 Å². The van der Waals surface area contributed by atoms with Crippen LogP contribution in [0.3, 0.4) is 0 Å². The van der Waals surface area contributed by atoms with Gasteiger partial charge in [-0.3, -0.25) is 4.79 Å². The van der Waals surface area contributed by atoms with Crippen molar-refractivity contribution in [1.29, 1.82) is 0 Å². The minimum Gasteiger partial charge on any atom is -0.349 e. The highest BCUT2D eigenvalue weighted by Crippen LogP contribution is 2.28. The van der Waals surface area contributed by atoms with Gasteiger partial charge in [0.25, 0.3) is 5.91 Å². The molecule has 0 saturated heterocycles. The molecule has 0 aliphatic heterocycles. The number of carbonyl (C=O) groups excluding carboxylic acids is 1. The van der Waals surface area contributed by atoms with Gasteiger partial charge in [0, 0.05) is 28.1 Å². The molecule has 0 unspecified atom stereocenters. The number of fused-ring (bicyclic) bond motifs is 1. The Morgan fingerprint density at radius 1 is 1.40 bits per heavy atom. The molecule has 1 aromatic heterocycles. The van der Waals surface area contributed by atoms with Crippen molar-refractivity contribution in [1.82, 2.24) is 9.88 Å². The minimum absolute atomic E-state index is 0.0569. The molecule has 0 bridgehead atoms. The minimum atomic E-state index is 0.0569. The van der Waals surface area contributed by atoms with Gasteiger partial charge in [-0.05, 0) is 45.2 Å². The Morgan fingerprint density at radius 3 is 2.75 bits per heavy atom. The largest absolute Gasteiger partial charge is 0.349 e. The molecule has 1 saturated carbocycles. The zero-order chi connectivity index (χ0) is 14.3. The number of amides is 1. The summed E-state index contributed by atoms with van der Waals surface area (Å²) in [6.45, 7) is 4.27. The zero-order valence-corrected chi connectivity index (χ0v) is 13.4. The molecule has 3 rings (SSSR count). The summed E-state index contributed by atoms with van der Waals surface area (Å²) in [5.41, 5.74) is 1.89. The molecular weight excluding hydrogens is 316 g/mol. The summed E-state index contributed by atoms with van der Waals surface area (Å²) in [6, 6.07) is 6.80. The van der Waals surface area contributed by atoms with E-state index in [2.05, 4.69) is 45.7 Å². The normalized spacial score (nSPS) is 15.6. The van der Waals surface area contributed by atoms with Crippen LogP contribution in [0.5, 0.6) is 0 Å². The van der Waals surface area contributed by atoms with Crippen LogP contribution in [0.2, 0.25) is 0 Å². The molecule has 106 valence electrons. The van der Waals surface area contributed by atoms with E-state index < -0.39 is 0 Å². The highest BCUT2D eigenvalue weighted by atomic mass is 79.9. The summed E-state index contributed by atoms with van der Waals surface area (Å²) in [6.07, 6.45) is 5.43. The Balaban J connectivity index is 2.03. The molecule has 1 amide bonds. The summed E-state index contributed by atoms with van der Waals surface area (Å²) < 4.78 is 3.20. The van der Waals surface area contributed by atoms with E-state index in [1.165, 1.54) is 6.42 Å². The third kappa shape index (κ3) is 2.37. The molecule has 4 heteroatoms. The SMILES string of the molecule is CC(C)n1cc(C(=O)NC2CCC2)c2ccc(Br)cc21. The van der Waals surface area contributed by atoms with Crippen molar-refractivity contribution in [3.63, 3.8) is 0 Å². The summed E-state index contributed by atoms with van der Waals surface area (Å²) >= 11 is 3.51. The number of rotatable bonds is 3. The first kappa shape index (κ1) is 13.7. The fourth-order valence-electron chi connectivity index (χ4n) is 2.65. The van der Waals surface area contributed by atoms with Gasteiger partial charge in [0.1, 0.15) is 0 Å². The molecule has 2 aromatic rings. The quantitative estimate of drug-likeness (QED) is 0.893. The van der Waals surface area contributed by atoms with Crippen LogP contribution in [-0.4, -0.2) is 16.5 Å². The van der Waals surface area contributed by atoms with Crippen LogP contribution in [0.15, 0.2) is 28.9 Å². The monoisotopic (exact) mass is 334 g/mol. The third-order valence-corrected chi connectivity index (χ3v) is 4.53. The fourth-order valence-corrected chi connectivity index (χ4v) is 3.00. The van der Waals surface area contributed by atoms with Gasteiger partial charge in [-0.1, -0.05) is 22.0 Å². The molecular formula is C16H19BrN2O. The smallest absolute Gasteiger partial charge is 0.253 e. The molecule has 1 N–H and O–H groups in total. The maximum absolute atomic E-state index is 12.4. The highest BCUT2D eigenvalue weighted by molar-refractivity contribution is 9.10. The molecule has 20 heavy (non-hydrogen) atoms. The second-order valence-corrected chi connectivity index (χ2v) is 6.72. The first-order chi connectivity index (χ1) is 9.56. The van der Waals surface area contributed by atoms with Crippen LogP contribution in [0.4, 0.5) is 0 Å². The van der Waals surface area contributed by atoms with E-state index in [-0.39, 0.29) is 5.91 Å². The Bertz CT molecular complexity index is 656. The zero-order valence-electron chi connectivity index (χ0n) is 11.8. The summed E-state index contributed by atoms with van der Waals surface area (Å²) in [4.78, 5) is 12.4. The van der Waals surface area contributed by atoms with Crippen molar-refractivity contribution >= 4 is 32.7 Å². The Morgan fingerprint density at radius 2 is 2.15 bits per heavy atom. The standard InChI is InChI=1S/C16H19BrN2O/c1-10(2)19-9-14(16(20)18-12-4-3-5-12)13-7-6-11(17)8-15(13)19/h6-10,12H,3-5H2,1-2H3,(H,18,20). The van der Waals surface area contributed by atoms with E-state index in [1.54, 1.807) is 0 Å². The number of nitrogens with one attached hydrogen (secondary N) is 1. The van der Waals surface area contributed by atoms with Crippen LogP contribution in [0, 0.1) is 0 Å². The number of hydrogen-bond donors (Lipinski definition) is 1. The van der Waals surface area contributed by atoms with E-state index in [0.717, 1.165) is 33.8 Å². The predicted molar refractivity (Wildman–Crippen MR) is 85.1 cm³/mol. The van der Waals surface area contributed by atoms with Gasteiger partial charge in [0.05, 0.1) is 11.1 Å². The average molecular weight is 335 g/mol. The molecule has 1 aliphatic carbocycles. The lowest BCUT2D eigenvalue weighted by Gasteiger charge is -2.26. The molecule has 3 nitrogen and oxygen atoms in total. The van der Waals surface area contributed by atoms with Crippen molar-refractivity contribution in [3.8, 4) is 0 Å². The van der Waals surface area contributed by atoms with Crippen LogP contribution < -0.4 is 5.32 Å². The molecule has 0 spiro atoms. The molecule has 0 atom stereocenters. The number of hydrogen-bond acceptors (Lipinski definition) is 1. The van der Waals surface area contributed by atoms with Gasteiger partial charge in [-0.15, -0.1) is 0 Å². The van der Waals surface area contributed by atoms with E-state index in [4.69, 9.17) is 0 Å². The number of benzene rings is 1. The first-order valence-corrected chi connectivity index (χ1v) is 7.96. The van der Waals surface area contributed by atoms with Crippen molar-refractivity contribution in [3.05, 3.63) is 34.4 Å². The summed E-state index contributed by atoms with van der Waals surface area (Å²) in [7, 11) is 0. The van der Waals surface area contributed by atoms with E-state index in [9.17, 15) is 4.79 Å². The second-order valence-electron chi connectivity index (χ2n) is 5.81.